The Morgan fingerprint density at radius 3 is 2.36 bits per heavy atom. The number of thiazole rings is 1. The van der Waals surface area contributed by atoms with Crippen LogP contribution in [0.1, 0.15) is 20.3 Å². The highest BCUT2D eigenvalue weighted by Gasteiger charge is 2.15. The van der Waals surface area contributed by atoms with Crippen molar-refractivity contribution in [1.29, 1.82) is 0 Å². The van der Waals surface area contributed by atoms with Crippen LogP contribution < -0.4 is 15.4 Å². The molecule has 0 aliphatic carbocycles. The molecular formula is C18H18N4O4S2. The summed E-state index contributed by atoms with van der Waals surface area (Å²) in [5.41, 5.74) is 1.46. The highest BCUT2D eigenvalue weighted by Crippen LogP contribution is 2.29. The second kappa shape index (κ2) is 7.95. The monoisotopic (exact) mass is 418 g/mol. The third-order valence-electron chi connectivity index (χ3n) is 3.69. The van der Waals surface area contributed by atoms with E-state index in [1.165, 1.54) is 42.5 Å². The molecule has 0 atom stereocenters. The lowest BCUT2D eigenvalue weighted by molar-refractivity contribution is -0.116. The fourth-order valence-electron chi connectivity index (χ4n) is 2.38. The third kappa shape index (κ3) is 4.65. The van der Waals surface area contributed by atoms with E-state index in [2.05, 4.69) is 20.3 Å². The van der Waals surface area contributed by atoms with Gasteiger partial charge in [-0.2, -0.15) is 0 Å². The van der Waals surface area contributed by atoms with Gasteiger partial charge >= 0.3 is 0 Å². The first-order valence-corrected chi connectivity index (χ1v) is 10.7. The predicted molar refractivity (Wildman–Crippen MR) is 110 cm³/mol. The van der Waals surface area contributed by atoms with Gasteiger partial charge in [0.15, 0.2) is 5.13 Å². The topological polar surface area (TPSA) is 117 Å². The van der Waals surface area contributed by atoms with Gasteiger partial charge < -0.3 is 10.6 Å². The lowest BCUT2D eigenvalue weighted by Crippen LogP contribution is -2.13. The van der Waals surface area contributed by atoms with Crippen molar-refractivity contribution in [2.24, 2.45) is 0 Å². The van der Waals surface area contributed by atoms with E-state index in [-0.39, 0.29) is 16.7 Å². The molecule has 0 aliphatic heterocycles. The molecule has 0 aliphatic rings. The van der Waals surface area contributed by atoms with E-state index in [9.17, 15) is 18.0 Å². The minimum Gasteiger partial charge on any atom is -0.326 e. The Hall–Kier alpha value is -2.98. The maximum absolute atomic E-state index is 12.6. The van der Waals surface area contributed by atoms with Gasteiger partial charge in [-0.15, -0.1) is 0 Å². The summed E-state index contributed by atoms with van der Waals surface area (Å²) < 4.78 is 28.5. The number of carbonyl (C=O) groups is 2. The fraction of sp³-hybridized carbons (Fsp3) is 0.167. The number of hydrogen-bond acceptors (Lipinski definition) is 6. The first kappa shape index (κ1) is 19.8. The van der Waals surface area contributed by atoms with E-state index < -0.39 is 10.0 Å². The molecule has 0 saturated heterocycles. The summed E-state index contributed by atoms with van der Waals surface area (Å²) in [6, 6.07) is 10.9. The number of nitrogens with one attached hydrogen (secondary N) is 3. The van der Waals surface area contributed by atoms with Crippen LogP contribution in [0.4, 0.5) is 16.5 Å². The van der Waals surface area contributed by atoms with E-state index in [4.69, 9.17) is 0 Å². The van der Waals surface area contributed by atoms with Gasteiger partial charge in [0.05, 0.1) is 20.8 Å². The van der Waals surface area contributed by atoms with Gasteiger partial charge in [-0.3, -0.25) is 14.3 Å². The Morgan fingerprint density at radius 2 is 1.71 bits per heavy atom. The van der Waals surface area contributed by atoms with Crippen LogP contribution in [0.5, 0.6) is 0 Å². The molecular weight excluding hydrogens is 400 g/mol. The summed E-state index contributed by atoms with van der Waals surface area (Å²) in [5.74, 6) is -0.373. The molecule has 0 saturated carbocycles. The van der Waals surface area contributed by atoms with Crippen molar-refractivity contribution in [3.8, 4) is 0 Å². The number of hydrogen-bond donors (Lipinski definition) is 3. The minimum atomic E-state index is -3.80. The average Bonchev–Trinajstić information content (AvgIpc) is 3.02. The van der Waals surface area contributed by atoms with Crippen LogP contribution in [-0.4, -0.2) is 25.2 Å². The van der Waals surface area contributed by atoms with Crippen molar-refractivity contribution >= 4 is 59.9 Å². The van der Waals surface area contributed by atoms with Crippen LogP contribution in [0.2, 0.25) is 0 Å². The molecule has 0 radical (unpaired) electrons. The minimum absolute atomic E-state index is 0.0688. The summed E-state index contributed by atoms with van der Waals surface area (Å²) in [7, 11) is -3.80. The first-order valence-electron chi connectivity index (χ1n) is 8.38. The summed E-state index contributed by atoms with van der Waals surface area (Å²) in [5, 5.41) is 5.73. The second-order valence-corrected chi connectivity index (χ2v) is 8.63. The van der Waals surface area contributed by atoms with E-state index in [0.29, 0.717) is 28.4 Å². The number of fused-ring (bicyclic) bond motifs is 1. The van der Waals surface area contributed by atoms with Crippen molar-refractivity contribution in [2.75, 3.05) is 15.4 Å². The van der Waals surface area contributed by atoms with Gasteiger partial charge in [0.25, 0.3) is 10.0 Å². The highest BCUT2D eigenvalue weighted by atomic mass is 32.2. The molecule has 3 aromatic rings. The molecule has 0 unspecified atom stereocenters. The maximum atomic E-state index is 12.6. The van der Waals surface area contributed by atoms with E-state index >= 15 is 0 Å². The number of benzene rings is 2. The van der Waals surface area contributed by atoms with Crippen LogP contribution >= 0.6 is 11.3 Å². The molecule has 3 rings (SSSR count). The van der Waals surface area contributed by atoms with Crippen molar-refractivity contribution in [3.05, 3.63) is 42.5 Å². The van der Waals surface area contributed by atoms with E-state index in [1.807, 2.05) is 0 Å². The summed E-state index contributed by atoms with van der Waals surface area (Å²) in [6.07, 6.45) is 0.338. The number of carbonyl (C=O) groups excluding carboxylic acids is 2. The third-order valence-corrected chi connectivity index (χ3v) is 6.04. The van der Waals surface area contributed by atoms with Gasteiger partial charge in [0, 0.05) is 19.0 Å². The lowest BCUT2D eigenvalue weighted by Gasteiger charge is -2.09. The molecule has 3 N–H and O–H groups in total. The van der Waals surface area contributed by atoms with Gasteiger partial charge in [-0.1, -0.05) is 18.3 Å². The molecule has 0 bridgehead atoms. The zero-order valence-corrected chi connectivity index (χ0v) is 16.8. The Labute approximate surface area is 166 Å². The average molecular weight is 419 g/mol. The molecule has 8 nitrogen and oxygen atoms in total. The molecule has 28 heavy (non-hydrogen) atoms. The van der Waals surface area contributed by atoms with Crippen molar-refractivity contribution in [1.82, 2.24) is 4.98 Å². The van der Waals surface area contributed by atoms with Crippen molar-refractivity contribution in [3.63, 3.8) is 0 Å². The van der Waals surface area contributed by atoms with Crippen LogP contribution in [0.15, 0.2) is 47.4 Å². The molecule has 146 valence electrons. The van der Waals surface area contributed by atoms with Crippen molar-refractivity contribution < 1.29 is 18.0 Å². The molecule has 0 spiro atoms. The predicted octanol–water partition coefficient (Wildman–Crippen LogP) is 3.40. The lowest BCUT2D eigenvalue weighted by atomic mass is 10.3. The number of rotatable bonds is 6. The Bertz CT molecular complexity index is 1140. The molecule has 2 aromatic carbocycles. The van der Waals surface area contributed by atoms with Gasteiger partial charge in [0.2, 0.25) is 11.8 Å². The molecule has 1 heterocycles. The van der Waals surface area contributed by atoms with Gasteiger partial charge in [-0.05, 0) is 42.5 Å². The largest absolute Gasteiger partial charge is 0.326 e. The van der Waals surface area contributed by atoms with Crippen LogP contribution in [0.3, 0.4) is 0 Å². The van der Waals surface area contributed by atoms with Gasteiger partial charge in [-0.25, -0.2) is 13.4 Å². The smallest absolute Gasteiger partial charge is 0.261 e. The SMILES string of the molecule is CCC(=O)Nc1ccc(S(=O)(=O)Nc2ccc3sc(NC(C)=O)nc3c2)cc1. The quantitative estimate of drug-likeness (QED) is 0.567. The summed E-state index contributed by atoms with van der Waals surface area (Å²) in [6.45, 7) is 3.13. The fourth-order valence-corrected chi connectivity index (χ4v) is 4.32. The number of sulfonamides is 1. The zero-order valence-electron chi connectivity index (χ0n) is 15.1. The standard InChI is InChI=1S/C18H18N4O4S2/c1-3-17(24)20-12-4-7-14(8-5-12)28(25,26)22-13-6-9-16-15(10-13)21-18(27-16)19-11(2)23/h4-10,22H,3H2,1-2H3,(H,20,24)(H,19,21,23). The first-order chi connectivity index (χ1) is 13.3. The zero-order chi connectivity index (χ0) is 20.3. The van der Waals surface area contributed by atoms with Crippen molar-refractivity contribution in [2.45, 2.75) is 25.2 Å². The number of amides is 2. The maximum Gasteiger partial charge on any atom is 0.261 e. The highest BCUT2D eigenvalue weighted by molar-refractivity contribution is 7.92. The molecule has 10 heteroatoms. The van der Waals surface area contributed by atoms with E-state index in [0.717, 1.165) is 4.70 Å². The Balaban J connectivity index is 1.79. The second-order valence-electron chi connectivity index (χ2n) is 5.91. The Kier molecular flexibility index (Phi) is 5.61. The van der Waals surface area contributed by atoms with E-state index in [1.54, 1.807) is 25.1 Å². The van der Waals surface area contributed by atoms with Crippen LogP contribution in [-0.2, 0) is 19.6 Å². The van der Waals surface area contributed by atoms with Crippen LogP contribution in [0.25, 0.3) is 10.2 Å². The number of nitrogens with zero attached hydrogens (tertiary/aromatic N) is 1. The summed E-state index contributed by atoms with van der Waals surface area (Å²) >= 11 is 1.30. The number of aromatic nitrogens is 1. The molecule has 1 aromatic heterocycles. The summed E-state index contributed by atoms with van der Waals surface area (Å²) in [4.78, 5) is 26.9. The Morgan fingerprint density at radius 1 is 1.04 bits per heavy atom. The normalized spacial score (nSPS) is 11.2. The molecule has 0 fully saturated rings. The number of anilines is 3. The van der Waals surface area contributed by atoms with Crippen LogP contribution in [0, 0.1) is 0 Å². The van der Waals surface area contributed by atoms with Gasteiger partial charge in [0.1, 0.15) is 0 Å². The molecule has 2 amide bonds.